The van der Waals surface area contributed by atoms with Gasteiger partial charge in [-0.05, 0) is 44.1 Å². The molecule has 0 heterocycles. The van der Waals surface area contributed by atoms with E-state index >= 15 is 0 Å². The van der Waals surface area contributed by atoms with Gasteiger partial charge in [0, 0.05) is 5.92 Å². The maximum atomic E-state index is 11.2. The number of rotatable bonds is 2. The van der Waals surface area contributed by atoms with E-state index in [0.717, 1.165) is 12.0 Å². The molecule has 0 aromatic carbocycles. The second kappa shape index (κ2) is 4.34. The lowest BCUT2D eigenvalue weighted by Crippen LogP contribution is -2.28. The fourth-order valence-corrected chi connectivity index (χ4v) is 2.35. The summed E-state index contributed by atoms with van der Waals surface area (Å²) in [7, 11) is 0. The quantitative estimate of drug-likeness (QED) is 0.494. The molecule has 0 aromatic heterocycles. The standard InChI is InChI=1S/C14H22O/c1-10-7-6-8-14(4,5)13(10)9-11(2)12(3)15/h9,13H,1,6-8H2,2-5H3/b11-9+/t13-/m1/s1. The molecule has 1 rings (SSSR count). The maximum absolute atomic E-state index is 11.2. The molecule has 84 valence electrons. The van der Waals surface area contributed by atoms with Crippen LogP contribution >= 0.6 is 0 Å². The van der Waals surface area contributed by atoms with Gasteiger partial charge in [-0.3, -0.25) is 4.79 Å². The molecule has 0 aromatic rings. The second-order valence-corrected chi connectivity index (χ2v) is 5.38. The smallest absolute Gasteiger partial charge is 0.155 e. The van der Waals surface area contributed by atoms with Gasteiger partial charge >= 0.3 is 0 Å². The molecule has 0 N–H and O–H groups in total. The predicted molar refractivity (Wildman–Crippen MR) is 64.7 cm³/mol. The van der Waals surface area contributed by atoms with E-state index in [2.05, 4.69) is 26.5 Å². The van der Waals surface area contributed by atoms with Crippen LogP contribution in [0.1, 0.15) is 47.0 Å². The zero-order valence-electron chi connectivity index (χ0n) is 10.4. The molecule has 0 aliphatic heterocycles. The molecule has 0 unspecified atom stereocenters. The van der Waals surface area contributed by atoms with Crippen molar-refractivity contribution in [2.45, 2.75) is 47.0 Å². The van der Waals surface area contributed by atoms with Crippen LogP contribution in [-0.2, 0) is 4.79 Å². The summed E-state index contributed by atoms with van der Waals surface area (Å²) >= 11 is 0. The highest BCUT2D eigenvalue weighted by Crippen LogP contribution is 2.44. The Hall–Kier alpha value is -0.850. The normalized spacial score (nSPS) is 26.5. The number of carbonyl (C=O) groups excluding carboxylic acids is 1. The Morgan fingerprint density at radius 3 is 2.53 bits per heavy atom. The number of hydrogen-bond donors (Lipinski definition) is 0. The molecule has 0 saturated heterocycles. The van der Waals surface area contributed by atoms with Gasteiger partial charge in [0.05, 0.1) is 0 Å². The first kappa shape index (κ1) is 12.2. The lowest BCUT2D eigenvalue weighted by atomic mass is 9.66. The van der Waals surface area contributed by atoms with E-state index in [1.54, 1.807) is 6.92 Å². The highest BCUT2D eigenvalue weighted by molar-refractivity contribution is 5.92. The summed E-state index contributed by atoms with van der Waals surface area (Å²) in [4.78, 5) is 11.2. The maximum Gasteiger partial charge on any atom is 0.155 e. The Morgan fingerprint density at radius 1 is 1.47 bits per heavy atom. The van der Waals surface area contributed by atoms with Crippen molar-refractivity contribution in [1.29, 1.82) is 0 Å². The average molecular weight is 206 g/mol. The minimum absolute atomic E-state index is 0.171. The third-order valence-corrected chi connectivity index (χ3v) is 3.57. The number of ketones is 1. The summed E-state index contributed by atoms with van der Waals surface area (Å²) < 4.78 is 0. The Bertz CT molecular complexity index is 307. The number of allylic oxidation sites excluding steroid dienone is 3. The van der Waals surface area contributed by atoms with Gasteiger partial charge in [-0.2, -0.15) is 0 Å². The second-order valence-electron chi connectivity index (χ2n) is 5.38. The van der Waals surface area contributed by atoms with Gasteiger partial charge in [-0.1, -0.05) is 32.1 Å². The van der Waals surface area contributed by atoms with Crippen LogP contribution in [-0.4, -0.2) is 5.78 Å². The highest BCUT2D eigenvalue weighted by atomic mass is 16.1. The largest absolute Gasteiger partial charge is 0.295 e. The van der Waals surface area contributed by atoms with Crippen LogP contribution in [0.3, 0.4) is 0 Å². The third kappa shape index (κ3) is 2.80. The molecular weight excluding hydrogens is 184 g/mol. The molecule has 1 aliphatic rings. The fraction of sp³-hybridized carbons (Fsp3) is 0.643. The van der Waals surface area contributed by atoms with Crippen LogP contribution in [0.2, 0.25) is 0 Å². The Balaban J connectivity index is 2.94. The lowest BCUT2D eigenvalue weighted by Gasteiger charge is -2.38. The minimum atomic E-state index is 0.171. The van der Waals surface area contributed by atoms with E-state index in [-0.39, 0.29) is 11.2 Å². The first-order valence-corrected chi connectivity index (χ1v) is 5.71. The molecule has 1 heteroatoms. The summed E-state index contributed by atoms with van der Waals surface area (Å²) in [6.07, 6.45) is 5.67. The molecule has 1 atom stereocenters. The van der Waals surface area contributed by atoms with Gasteiger partial charge < -0.3 is 0 Å². The van der Waals surface area contributed by atoms with Gasteiger partial charge in [0.15, 0.2) is 5.78 Å². The van der Waals surface area contributed by atoms with Crippen molar-refractivity contribution in [3.8, 4) is 0 Å². The summed E-state index contributed by atoms with van der Waals surface area (Å²) in [5, 5.41) is 0. The van der Waals surface area contributed by atoms with Gasteiger partial charge in [-0.25, -0.2) is 0 Å². The molecule has 1 saturated carbocycles. The van der Waals surface area contributed by atoms with Gasteiger partial charge in [-0.15, -0.1) is 0 Å². The highest BCUT2D eigenvalue weighted by Gasteiger charge is 2.33. The predicted octanol–water partition coefficient (Wildman–Crippen LogP) is 3.90. The van der Waals surface area contributed by atoms with E-state index in [1.807, 2.05) is 6.92 Å². The lowest BCUT2D eigenvalue weighted by molar-refractivity contribution is -0.113. The molecule has 1 aliphatic carbocycles. The number of carbonyl (C=O) groups is 1. The molecule has 0 bridgehead atoms. The van der Waals surface area contributed by atoms with Crippen molar-refractivity contribution in [3.05, 3.63) is 23.8 Å². The van der Waals surface area contributed by atoms with Crippen LogP contribution in [0.15, 0.2) is 23.8 Å². The van der Waals surface area contributed by atoms with E-state index in [9.17, 15) is 4.79 Å². The average Bonchev–Trinajstić information content (AvgIpc) is 2.10. The minimum Gasteiger partial charge on any atom is -0.295 e. The number of Topliss-reactive ketones (excluding diaryl/α,β-unsaturated/α-hetero) is 1. The van der Waals surface area contributed by atoms with Crippen LogP contribution < -0.4 is 0 Å². The first-order chi connectivity index (χ1) is 6.84. The van der Waals surface area contributed by atoms with Gasteiger partial charge in [0.25, 0.3) is 0 Å². The topological polar surface area (TPSA) is 17.1 Å². The summed E-state index contributed by atoms with van der Waals surface area (Å²) in [6.45, 7) is 12.2. The van der Waals surface area contributed by atoms with Crippen LogP contribution in [0, 0.1) is 11.3 Å². The Morgan fingerprint density at radius 2 is 2.07 bits per heavy atom. The Kier molecular flexibility index (Phi) is 3.54. The van der Waals surface area contributed by atoms with E-state index in [4.69, 9.17) is 0 Å². The van der Waals surface area contributed by atoms with Crippen molar-refractivity contribution in [3.63, 3.8) is 0 Å². The zero-order chi connectivity index (χ0) is 11.6. The summed E-state index contributed by atoms with van der Waals surface area (Å²) in [6, 6.07) is 0. The molecule has 1 nitrogen and oxygen atoms in total. The van der Waals surface area contributed by atoms with Crippen molar-refractivity contribution >= 4 is 5.78 Å². The van der Waals surface area contributed by atoms with E-state index in [1.165, 1.54) is 18.4 Å². The van der Waals surface area contributed by atoms with Crippen LogP contribution in [0.4, 0.5) is 0 Å². The molecule has 0 spiro atoms. The van der Waals surface area contributed by atoms with Crippen molar-refractivity contribution in [2.24, 2.45) is 11.3 Å². The third-order valence-electron chi connectivity index (χ3n) is 3.57. The molecule has 0 amide bonds. The van der Waals surface area contributed by atoms with Crippen molar-refractivity contribution in [1.82, 2.24) is 0 Å². The summed E-state index contributed by atoms with van der Waals surface area (Å²) in [5.41, 5.74) is 2.41. The first-order valence-electron chi connectivity index (χ1n) is 5.71. The molecule has 1 fully saturated rings. The van der Waals surface area contributed by atoms with Crippen LogP contribution in [0.5, 0.6) is 0 Å². The molecular formula is C14H22O. The van der Waals surface area contributed by atoms with E-state index < -0.39 is 0 Å². The van der Waals surface area contributed by atoms with Crippen molar-refractivity contribution in [2.75, 3.05) is 0 Å². The van der Waals surface area contributed by atoms with E-state index in [0.29, 0.717) is 5.92 Å². The van der Waals surface area contributed by atoms with Gasteiger partial charge in [0.1, 0.15) is 0 Å². The molecule has 0 radical (unpaired) electrons. The van der Waals surface area contributed by atoms with Crippen LogP contribution in [0.25, 0.3) is 0 Å². The monoisotopic (exact) mass is 206 g/mol. The van der Waals surface area contributed by atoms with Crippen molar-refractivity contribution < 1.29 is 4.79 Å². The molecule has 15 heavy (non-hydrogen) atoms. The number of hydrogen-bond acceptors (Lipinski definition) is 1. The summed E-state index contributed by atoms with van der Waals surface area (Å²) in [5.74, 6) is 0.541. The zero-order valence-corrected chi connectivity index (χ0v) is 10.4. The van der Waals surface area contributed by atoms with Gasteiger partial charge in [0.2, 0.25) is 0 Å². The Labute approximate surface area is 93.3 Å². The SMILES string of the molecule is C=C1CCCC(C)(C)[C@@H]1/C=C(\C)C(C)=O. The fourth-order valence-electron chi connectivity index (χ4n) is 2.35.